The van der Waals surface area contributed by atoms with Crippen LogP contribution in [0.4, 0.5) is 0 Å². The third-order valence-electron chi connectivity index (χ3n) is 4.51. The molecule has 2 nitrogen and oxygen atoms in total. The summed E-state index contributed by atoms with van der Waals surface area (Å²) in [6, 6.07) is 8.23. The summed E-state index contributed by atoms with van der Waals surface area (Å²) < 4.78 is 6.16. The third-order valence-corrected chi connectivity index (χ3v) is 4.51. The lowest BCUT2D eigenvalue weighted by Crippen LogP contribution is -2.57. The Morgan fingerprint density at radius 2 is 2.06 bits per heavy atom. The van der Waals surface area contributed by atoms with Crippen LogP contribution in [-0.4, -0.2) is 17.3 Å². The Morgan fingerprint density at radius 1 is 1.39 bits per heavy atom. The summed E-state index contributed by atoms with van der Waals surface area (Å²) in [6.07, 6.45) is 1.61. The van der Waals surface area contributed by atoms with Crippen LogP contribution in [0.2, 0.25) is 0 Å². The summed E-state index contributed by atoms with van der Waals surface area (Å²) in [6.45, 7) is 8.59. The molecule has 0 saturated heterocycles. The molecule has 1 aromatic rings. The zero-order chi connectivity index (χ0) is 13.3. The molecule has 1 aliphatic rings. The first-order valence-electron chi connectivity index (χ1n) is 6.92. The average molecular weight is 248 g/mol. The molecule has 1 aliphatic carbocycles. The van der Waals surface area contributed by atoms with E-state index in [1.807, 2.05) is 12.1 Å². The van der Waals surface area contributed by atoms with E-state index in [-0.39, 0.29) is 17.6 Å². The minimum atomic E-state index is -0.223. The van der Waals surface area contributed by atoms with Crippen LogP contribution < -0.4 is 4.74 Å². The van der Waals surface area contributed by atoms with Gasteiger partial charge in [0.25, 0.3) is 0 Å². The lowest BCUT2D eigenvalue weighted by atomic mass is 9.63. The standard InChI is InChI=1S/C16H24O2/c1-5-16(4)14(17)10-15(16)18-13-9-7-6-8-12(13)11(2)3/h6-9,11,14-15,17H,5,10H2,1-4H3. The lowest BCUT2D eigenvalue weighted by molar-refractivity contribution is -0.147. The molecule has 0 aromatic heterocycles. The molecule has 0 aliphatic heterocycles. The summed E-state index contributed by atoms with van der Waals surface area (Å²) in [4.78, 5) is 0. The summed E-state index contributed by atoms with van der Waals surface area (Å²) in [5.41, 5.74) is 1.15. The van der Waals surface area contributed by atoms with Crippen molar-refractivity contribution in [3.63, 3.8) is 0 Å². The van der Waals surface area contributed by atoms with Gasteiger partial charge in [-0.15, -0.1) is 0 Å². The van der Waals surface area contributed by atoms with Crippen molar-refractivity contribution >= 4 is 0 Å². The molecular weight excluding hydrogens is 224 g/mol. The van der Waals surface area contributed by atoms with Crippen molar-refractivity contribution in [1.29, 1.82) is 0 Å². The Kier molecular flexibility index (Phi) is 3.67. The van der Waals surface area contributed by atoms with E-state index in [0.29, 0.717) is 5.92 Å². The Labute approximate surface area is 110 Å². The molecule has 100 valence electrons. The van der Waals surface area contributed by atoms with Gasteiger partial charge in [-0.1, -0.05) is 45.9 Å². The molecule has 0 heterocycles. The van der Waals surface area contributed by atoms with E-state index in [4.69, 9.17) is 4.74 Å². The second-order valence-electron chi connectivity index (χ2n) is 5.91. The fourth-order valence-electron chi connectivity index (χ4n) is 2.66. The zero-order valence-electron chi connectivity index (χ0n) is 11.8. The van der Waals surface area contributed by atoms with Crippen molar-refractivity contribution in [3.05, 3.63) is 29.8 Å². The molecule has 1 aromatic carbocycles. The van der Waals surface area contributed by atoms with Crippen molar-refractivity contribution in [1.82, 2.24) is 0 Å². The van der Waals surface area contributed by atoms with Gasteiger partial charge in [0.05, 0.1) is 6.10 Å². The fraction of sp³-hybridized carbons (Fsp3) is 0.625. The first-order chi connectivity index (χ1) is 8.49. The van der Waals surface area contributed by atoms with Crippen LogP contribution in [0.25, 0.3) is 0 Å². The molecule has 2 heteroatoms. The van der Waals surface area contributed by atoms with Gasteiger partial charge in [0, 0.05) is 11.8 Å². The number of aliphatic hydroxyl groups is 1. The number of rotatable bonds is 4. The topological polar surface area (TPSA) is 29.5 Å². The largest absolute Gasteiger partial charge is 0.489 e. The maximum atomic E-state index is 9.91. The average Bonchev–Trinajstić information content (AvgIpc) is 2.37. The zero-order valence-corrected chi connectivity index (χ0v) is 11.8. The highest BCUT2D eigenvalue weighted by atomic mass is 16.5. The molecule has 3 atom stereocenters. The Hall–Kier alpha value is -1.02. The molecule has 0 spiro atoms. The molecule has 0 radical (unpaired) electrons. The van der Waals surface area contributed by atoms with Crippen molar-refractivity contribution in [2.45, 2.75) is 58.7 Å². The first-order valence-corrected chi connectivity index (χ1v) is 6.92. The van der Waals surface area contributed by atoms with Crippen LogP contribution >= 0.6 is 0 Å². The Balaban J connectivity index is 2.16. The van der Waals surface area contributed by atoms with E-state index in [0.717, 1.165) is 18.6 Å². The van der Waals surface area contributed by atoms with Gasteiger partial charge in [-0.2, -0.15) is 0 Å². The molecule has 0 bridgehead atoms. The van der Waals surface area contributed by atoms with Gasteiger partial charge in [-0.05, 0) is 24.0 Å². The van der Waals surface area contributed by atoms with Crippen LogP contribution in [0.5, 0.6) is 5.75 Å². The predicted octanol–water partition coefficient (Wildman–Crippen LogP) is 3.74. The van der Waals surface area contributed by atoms with Gasteiger partial charge in [0.15, 0.2) is 0 Å². The summed E-state index contributed by atoms with van der Waals surface area (Å²) in [5.74, 6) is 1.43. The Bertz CT molecular complexity index is 413. The van der Waals surface area contributed by atoms with Gasteiger partial charge >= 0.3 is 0 Å². The lowest BCUT2D eigenvalue weighted by Gasteiger charge is -2.50. The highest BCUT2D eigenvalue weighted by Gasteiger charge is 2.51. The molecular formula is C16H24O2. The fourth-order valence-corrected chi connectivity index (χ4v) is 2.66. The van der Waals surface area contributed by atoms with E-state index in [9.17, 15) is 5.11 Å². The quantitative estimate of drug-likeness (QED) is 0.879. The third kappa shape index (κ3) is 2.14. The normalized spacial score (nSPS) is 31.2. The minimum Gasteiger partial charge on any atom is -0.489 e. The highest BCUT2D eigenvalue weighted by Crippen LogP contribution is 2.46. The molecule has 18 heavy (non-hydrogen) atoms. The SMILES string of the molecule is CCC1(C)C(O)CC1Oc1ccccc1C(C)C. The summed E-state index contributed by atoms with van der Waals surface area (Å²) in [7, 11) is 0. The number of hydrogen-bond donors (Lipinski definition) is 1. The van der Waals surface area contributed by atoms with Crippen molar-refractivity contribution in [3.8, 4) is 5.75 Å². The van der Waals surface area contributed by atoms with Gasteiger partial charge in [-0.3, -0.25) is 0 Å². The highest BCUT2D eigenvalue weighted by molar-refractivity contribution is 5.36. The number of ether oxygens (including phenoxy) is 1. The maximum Gasteiger partial charge on any atom is 0.123 e. The monoisotopic (exact) mass is 248 g/mol. The van der Waals surface area contributed by atoms with Crippen LogP contribution in [0.3, 0.4) is 0 Å². The van der Waals surface area contributed by atoms with E-state index < -0.39 is 0 Å². The molecule has 3 unspecified atom stereocenters. The Morgan fingerprint density at radius 3 is 2.61 bits per heavy atom. The molecule has 1 N–H and O–H groups in total. The number of aliphatic hydroxyl groups excluding tert-OH is 1. The van der Waals surface area contributed by atoms with Gasteiger partial charge < -0.3 is 9.84 Å². The minimum absolute atomic E-state index is 0.0932. The second-order valence-corrected chi connectivity index (χ2v) is 5.91. The van der Waals surface area contributed by atoms with E-state index in [1.165, 1.54) is 5.56 Å². The van der Waals surface area contributed by atoms with Crippen LogP contribution in [0.1, 0.15) is 52.0 Å². The molecule has 1 saturated carbocycles. The van der Waals surface area contributed by atoms with Gasteiger partial charge in [0.2, 0.25) is 0 Å². The van der Waals surface area contributed by atoms with E-state index >= 15 is 0 Å². The molecule has 2 rings (SSSR count). The number of para-hydroxylation sites is 1. The molecule has 1 fully saturated rings. The number of hydrogen-bond acceptors (Lipinski definition) is 2. The van der Waals surface area contributed by atoms with Gasteiger partial charge in [-0.25, -0.2) is 0 Å². The predicted molar refractivity (Wildman–Crippen MR) is 74.0 cm³/mol. The maximum absolute atomic E-state index is 9.91. The second kappa shape index (κ2) is 4.93. The summed E-state index contributed by atoms with van der Waals surface area (Å²) in [5, 5.41) is 9.91. The van der Waals surface area contributed by atoms with Crippen LogP contribution in [0, 0.1) is 5.41 Å². The van der Waals surface area contributed by atoms with E-state index in [1.54, 1.807) is 0 Å². The van der Waals surface area contributed by atoms with E-state index in [2.05, 4.69) is 39.8 Å². The van der Waals surface area contributed by atoms with Crippen molar-refractivity contribution in [2.24, 2.45) is 5.41 Å². The molecule has 0 amide bonds. The van der Waals surface area contributed by atoms with Crippen molar-refractivity contribution in [2.75, 3.05) is 0 Å². The number of benzene rings is 1. The van der Waals surface area contributed by atoms with Crippen LogP contribution in [-0.2, 0) is 0 Å². The van der Waals surface area contributed by atoms with Crippen molar-refractivity contribution < 1.29 is 9.84 Å². The first kappa shape index (κ1) is 13.4. The smallest absolute Gasteiger partial charge is 0.123 e. The summed E-state index contributed by atoms with van der Waals surface area (Å²) >= 11 is 0. The van der Waals surface area contributed by atoms with Gasteiger partial charge in [0.1, 0.15) is 11.9 Å². The van der Waals surface area contributed by atoms with Crippen LogP contribution in [0.15, 0.2) is 24.3 Å².